The minimum Gasteiger partial charge on any atom is -0.387 e. The summed E-state index contributed by atoms with van der Waals surface area (Å²) >= 11 is 0. The van der Waals surface area contributed by atoms with Crippen molar-refractivity contribution in [1.82, 2.24) is 24.5 Å². The van der Waals surface area contributed by atoms with Gasteiger partial charge >= 0.3 is 17.8 Å². The van der Waals surface area contributed by atoms with Crippen molar-refractivity contribution in [2.45, 2.75) is 24.9 Å². The predicted octanol–water partition coefficient (Wildman–Crippen LogP) is 2.40. The standard InChI is InChI=1S/C20H16F6N6O2/c21-13-3-1-12(2-4-13)14-5-7-30(10-15(14)33)17-9-27-32(18(34)28-17)11-31-8-6-16(29-31)19(22,23)20(24,25)26/h1-6,8-9,15,33H,7,10-11H2/t15-/m0/s1. The van der Waals surface area contributed by atoms with E-state index < -0.39 is 42.1 Å². The molecule has 0 saturated carbocycles. The van der Waals surface area contributed by atoms with Crippen molar-refractivity contribution in [3.8, 4) is 0 Å². The minimum absolute atomic E-state index is 0.0659. The van der Waals surface area contributed by atoms with E-state index in [1.54, 1.807) is 11.0 Å². The van der Waals surface area contributed by atoms with Crippen LogP contribution < -0.4 is 10.6 Å². The average Bonchev–Trinajstić information content (AvgIpc) is 3.24. The Balaban J connectivity index is 1.48. The Hall–Kier alpha value is -3.68. The summed E-state index contributed by atoms with van der Waals surface area (Å²) in [6, 6.07) is 6.11. The molecule has 34 heavy (non-hydrogen) atoms. The molecule has 0 spiro atoms. The molecule has 3 aromatic rings. The van der Waals surface area contributed by atoms with Crippen LogP contribution in [0.15, 0.2) is 53.6 Å². The number of rotatable bonds is 5. The number of anilines is 1. The summed E-state index contributed by atoms with van der Waals surface area (Å²) in [6.07, 6.45) is -3.02. The van der Waals surface area contributed by atoms with Gasteiger partial charge in [0.05, 0.1) is 12.3 Å². The van der Waals surface area contributed by atoms with Crippen molar-refractivity contribution in [1.29, 1.82) is 0 Å². The Labute approximate surface area is 187 Å². The predicted molar refractivity (Wildman–Crippen MR) is 106 cm³/mol. The molecule has 2 aromatic heterocycles. The zero-order valence-corrected chi connectivity index (χ0v) is 17.1. The number of halogens is 6. The molecule has 1 aliphatic rings. The lowest BCUT2D eigenvalue weighted by Gasteiger charge is -2.31. The first-order valence-electron chi connectivity index (χ1n) is 9.77. The fourth-order valence-electron chi connectivity index (χ4n) is 3.36. The van der Waals surface area contributed by atoms with Gasteiger partial charge in [0.15, 0.2) is 5.82 Å². The number of β-amino-alcohol motifs (C(OH)–C–C–N with tert-alkyl or cyclic N) is 1. The molecule has 1 aromatic carbocycles. The second-order valence-corrected chi connectivity index (χ2v) is 7.44. The second kappa shape index (κ2) is 8.59. The van der Waals surface area contributed by atoms with Crippen LogP contribution in [-0.4, -0.2) is 55.0 Å². The van der Waals surface area contributed by atoms with Crippen molar-refractivity contribution in [3.05, 3.63) is 76.4 Å². The van der Waals surface area contributed by atoms with Crippen molar-refractivity contribution >= 4 is 11.4 Å². The smallest absolute Gasteiger partial charge is 0.387 e. The Morgan fingerprint density at radius 1 is 1.09 bits per heavy atom. The van der Waals surface area contributed by atoms with Gasteiger partial charge in [-0.1, -0.05) is 18.2 Å². The Morgan fingerprint density at radius 3 is 2.41 bits per heavy atom. The summed E-state index contributed by atoms with van der Waals surface area (Å²) in [4.78, 5) is 17.7. The van der Waals surface area contributed by atoms with Gasteiger partial charge in [0, 0.05) is 19.3 Å². The zero-order chi connectivity index (χ0) is 24.7. The molecule has 1 N–H and O–H groups in total. The van der Waals surface area contributed by atoms with E-state index >= 15 is 0 Å². The summed E-state index contributed by atoms with van der Waals surface area (Å²) in [5, 5.41) is 17.5. The molecule has 0 unspecified atom stereocenters. The average molecular weight is 486 g/mol. The first kappa shape index (κ1) is 23.5. The number of alkyl halides is 5. The van der Waals surface area contributed by atoms with Gasteiger partial charge in [0.25, 0.3) is 0 Å². The van der Waals surface area contributed by atoms with Crippen molar-refractivity contribution in [3.63, 3.8) is 0 Å². The van der Waals surface area contributed by atoms with Crippen LogP contribution in [0.5, 0.6) is 0 Å². The molecule has 1 aliphatic heterocycles. The first-order chi connectivity index (χ1) is 16.0. The molecule has 0 saturated heterocycles. The fourth-order valence-corrected chi connectivity index (χ4v) is 3.36. The zero-order valence-electron chi connectivity index (χ0n) is 17.1. The Morgan fingerprint density at radius 2 is 1.79 bits per heavy atom. The van der Waals surface area contributed by atoms with Crippen LogP contribution in [0.4, 0.5) is 32.2 Å². The molecule has 0 aliphatic carbocycles. The maximum atomic E-state index is 13.4. The fraction of sp³-hybridized carbons (Fsp3) is 0.300. The van der Waals surface area contributed by atoms with Crippen LogP contribution in [0.3, 0.4) is 0 Å². The van der Waals surface area contributed by atoms with Crippen LogP contribution in [0.2, 0.25) is 0 Å². The third-order valence-corrected chi connectivity index (χ3v) is 5.13. The molecule has 1 atom stereocenters. The van der Waals surface area contributed by atoms with Crippen molar-refractivity contribution in [2.24, 2.45) is 0 Å². The van der Waals surface area contributed by atoms with Crippen LogP contribution in [0.1, 0.15) is 11.3 Å². The van der Waals surface area contributed by atoms with Crippen LogP contribution in [0, 0.1) is 5.82 Å². The maximum absolute atomic E-state index is 13.4. The highest BCUT2D eigenvalue weighted by Crippen LogP contribution is 2.42. The molecule has 3 heterocycles. The molecule has 0 fully saturated rings. The molecule has 0 bridgehead atoms. The minimum atomic E-state index is -5.81. The van der Waals surface area contributed by atoms with E-state index in [2.05, 4.69) is 15.2 Å². The third kappa shape index (κ3) is 4.53. The molecule has 8 nitrogen and oxygen atoms in total. The molecule has 0 radical (unpaired) electrons. The second-order valence-electron chi connectivity index (χ2n) is 7.44. The van der Waals surface area contributed by atoms with Gasteiger partial charge in [0.2, 0.25) is 0 Å². The highest BCUT2D eigenvalue weighted by Gasteiger charge is 2.60. The lowest BCUT2D eigenvalue weighted by atomic mass is 9.97. The summed E-state index contributed by atoms with van der Waals surface area (Å²) < 4.78 is 78.8. The number of hydrogen-bond donors (Lipinski definition) is 1. The van der Waals surface area contributed by atoms with Gasteiger partial charge in [-0.25, -0.2) is 9.18 Å². The highest BCUT2D eigenvalue weighted by atomic mass is 19.4. The first-order valence-corrected chi connectivity index (χ1v) is 9.77. The summed E-state index contributed by atoms with van der Waals surface area (Å²) in [5.74, 6) is -5.43. The van der Waals surface area contributed by atoms with Gasteiger partial charge < -0.3 is 10.0 Å². The van der Waals surface area contributed by atoms with Gasteiger partial charge in [-0.15, -0.1) is 0 Å². The normalized spacial score (nSPS) is 17.1. The van der Waals surface area contributed by atoms with E-state index in [0.717, 1.165) is 10.9 Å². The van der Waals surface area contributed by atoms with E-state index in [1.165, 1.54) is 30.5 Å². The number of aromatic nitrogens is 5. The lowest BCUT2D eigenvalue weighted by Crippen LogP contribution is -2.40. The Bertz CT molecular complexity index is 1270. The summed E-state index contributed by atoms with van der Waals surface area (Å²) in [6.45, 7) is -0.218. The third-order valence-electron chi connectivity index (χ3n) is 5.13. The lowest BCUT2D eigenvalue weighted by molar-refractivity contribution is -0.291. The van der Waals surface area contributed by atoms with E-state index in [1.807, 2.05) is 0 Å². The number of hydrogen-bond acceptors (Lipinski definition) is 6. The number of aliphatic hydroxyl groups is 1. The summed E-state index contributed by atoms with van der Waals surface area (Å²) in [7, 11) is 0. The van der Waals surface area contributed by atoms with Gasteiger partial charge in [-0.2, -0.15) is 41.8 Å². The van der Waals surface area contributed by atoms with Crippen LogP contribution in [-0.2, 0) is 12.6 Å². The van der Waals surface area contributed by atoms with Gasteiger partial charge in [-0.05, 0) is 29.3 Å². The topological polar surface area (TPSA) is 89.1 Å². The molecule has 4 rings (SSSR count). The molecule has 180 valence electrons. The van der Waals surface area contributed by atoms with E-state index in [-0.39, 0.29) is 18.9 Å². The largest absolute Gasteiger partial charge is 0.459 e. The SMILES string of the molecule is O=c1nc(N2CC=C(c3ccc(F)cc3)[C@@H](O)C2)cnn1Cn1ccc(C(F)(F)C(F)(F)F)n1. The molecule has 0 amide bonds. The number of aliphatic hydroxyl groups excluding tert-OH is 1. The van der Waals surface area contributed by atoms with E-state index in [0.29, 0.717) is 21.9 Å². The maximum Gasteiger partial charge on any atom is 0.459 e. The number of benzene rings is 1. The van der Waals surface area contributed by atoms with Crippen LogP contribution in [0.25, 0.3) is 5.57 Å². The molecule has 14 heteroatoms. The quantitative estimate of drug-likeness (QED) is 0.558. The molecular weight excluding hydrogens is 470 g/mol. The van der Waals surface area contributed by atoms with Crippen molar-refractivity contribution in [2.75, 3.05) is 18.0 Å². The highest BCUT2D eigenvalue weighted by molar-refractivity contribution is 5.71. The summed E-state index contributed by atoms with van der Waals surface area (Å²) in [5.41, 5.74) is -1.18. The van der Waals surface area contributed by atoms with Crippen LogP contribution >= 0.6 is 0 Å². The van der Waals surface area contributed by atoms with Gasteiger partial charge in [-0.3, -0.25) is 4.68 Å². The molecular formula is C20H16F6N6O2. The van der Waals surface area contributed by atoms with Crippen molar-refractivity contribution < 1.29 is 31.4 Å². The van der Waals surface area contributed by atoms with Gasteiger partial charge in [0.1, 0.15) is 18.2 Å². The number of nitrogens with zero attached hydrogens (tertiary/aromatic N) is 6. The monoisotopic (exact) mass is 486 g/mol. The van der Waals surface area contributed by atoms with E-state index in [9.17, 15) is 36.2 Å². The Kier molecular flexibility index (Phi) is 5.93. The van der Waals surface area contributed by atoms with E-state index in [4.69, 9.17) is 0 Å².